The number of hydrogen-bond donors (Lipinski definition) is 2. The summed E-state index contributed by atoms with van der Waals surface area (Å²) >= 11 is 0. The number of hydrogen-bond acceptors (Lipinski definition) is 2. The quantitative estimate of drug-likeness (QED) is 0.866. The number of carbonyl (C=O) groups is 1. The third kappa shape index (κ3) is 1.59. The summed E-state index contributed by atoms with van der Waals surface area (Å²) in [5, 5.41) is 19.7. The first-order valence-electron chi connectivity index (χ1n) is 6.17. The van der Waals surface area contributed by atoms with E-state index in [0.717, 1.165) is 22.3 Å². The zero-order chi connectivity index (χ0) is 13.6. The van der Waals surface area contributed by atoms with Crippen molar-refractivity contribution in [2.45, 2.75) is 18.4 Å². The van der Waals surface area contributed by atoms with Crippen LogP contribution in [0, 0.1) is 0 Å². The van der Waals surface area contributed by atoms with Crippen molar-refractivity contribution in [1.29, 1.82) is 0 Å². The molecule has 3 rings (SSSR count). The van der Waals surface area contributed by atoms with Gasteiger partial charge in [-0.2, -0.15) is 0 Å². The maximum Gasteiger partial charge on any atom is 0.336 e. The molecule has 0 bridgehead atoms. The van der Waals surface area contributed by atoms with Gasteiger partial charge >= 0.3 is 5.97 Å². The molecule has 0 heterocycles. The SMILES string of the molecule is CC(O)(C(=O)O)C1c2ccccc2-c2ccccc21. The Hall–Kier alpha value is -2.13. The third-order valence-corrected chi connectivity index (χ3v) is 3.83. The number of rotatable bonds is 2. The molecular formula is C16H14O3. The third-order valence-electron chi connectivity index (χ3n) is 3.83. The van der Waals surface area contributed by atoms with Gasteiger partial charge in [0.15, 0.2) is 5.60 Å². The number of benzene rings is 2. The predicted molar refractivity (Wildman–Crippen MR) is 72.0 cm³/mol. The van der Waals surface area contributed by atoms with Gasteiger partial charge in [0.2, 0.25) is 0 Å². The highest BCUT2D eigenvalue weighted by Crippen LogP contribution is 2.49. The fourth-order valence-electron chi connectivity index (χ4n) is 2.88. The van der Waals surface area contributed by atoms with Gasteiger partial charge in [0.25, 0.3) is 0 Å². The van der Waals surface area contributed by atoms with Crippen LogP contribution < -0.4 is 0 Å². The number of fused-ring (bicyclic) bond motifs is 3. The van der Waals surface area contributed by atoms with Crippen molar-refractivity contribution in [3.63, 3.8) is 0 Å². The van der Waals surface area contributed by atoms with Crippen LogP contribution in [0.5, 0.6) is 0 Å². The van der Waals surface area contributed by atoms with Crippen molar-refractivity contribution in [3.8, 4) is 11.1 Å². The Balaban J connectivity index is 2.29. The van der Waals surface area contributed by atoms with Crippen LogP contribution in [0.25, 0.3) is 11.1 Å². The Morgan fingerprint density at radius 3 is 1.84 bits per heavy atom. The lowest BCUT2D eigenvalue weighted by molar-refractivity contribution is -0.157. The molecule has 1 atom stereocenters. The fourth-order valence-corrected chi connectivity index (χ4v) is 2.88. The first kappa shape index (κ1) is 11.9. The molecule has 3 nitrogen and oxygen atoms in total. The number of carboxylic acid groups (broad SMARTS) is 1. The van der Waals surface area contributed by atoms with E-state index in [1.807, 2.05) is 48.5 Å². The maximum absolute atomic E-state index is 11.4. The summed E-state index contributed by atoms with van der Waals surface area (Å²) in [7, 11) is 0. The summed E-state index contributed by atoms with van der Waals surface area (Å²) in [6.45, 7) is 1.36. The molecule has 2 aromatic rings. The van der Waals surface area contributed by atoms with E-state index in [9.17, 15) is 15.0 Å². The standard InChI is InChI=1S/C16H14O3/c1-16(19,15(17)18)14-12-8-4-2-6-10(12)11-7-3-5-9-13(11)14/h2-9,14,19H,1H3,(H,17,18). The summed E-state index contributed by atoms with van der Waals surface area (Å²) in [6, 6.07) is 15.3. The minimum atomic E-state index is -1.82. The van der Waals surface area contributed by atoms with Gasteiger partial charge in [-0.25, -0.2) is 4.79 Å². The van der Waals surface area contributed by atoms with E-state index in [1.54, 1.807) is 0 Å². The molecule has 3 heteroatoms. The molecule has 1 aliphatic rings. The van der Waals surface area contributed by atoms with Crippen LogP contribution in [0.3, 0.4) is 0 Å². The monoisotopic (exact) mass is 254 g/mol. The average molecular weight is 254 g/mol. The summed E-state index contributed by atoms with van der Waals surface area (Å²) in [6.07, 6.45) is 0. The molecule has 2 N–H and O–H groups in total. The Morgan fingerprint density at radius 2 is 1.42 bits per heavy atom. The lowest BCUT2D eigenvalue weighted by Crippen LogP contribution is -2.41. The van der Waals surface area contributed by atoms with Crippen molar-refractivity contribution in [3.05, 3.63) is 59.7 Å². The number of carboxylic acids is 1. The van der Waals surface area contributed by atoms with E-state index < -0.39 is 17.5 Å². The number of aliphatic hydroxyl groups is 1. The molecule has 0 saturated carbocycles. The number of aliphatic carboxylic acids is 1. The molecule has 2 aromatic carbocycles. The summed E-state index contributed by atoms with van der Waals surface area (Å²) in [5.74, 6) is -1.73. The molecule has 0 aliphatic heterocycles. The van der Waals surface area contributed by atoms with E-state index in [2.05, 4.69) is 0 Å². The first-order chi connectivity index (χ1) is 9.03. The second-order valence-electron chi connectivity index (χ2n) is 5.06. The van der Waals surface area contributed by atoms with Gasteiger partial charge < -0.3 is 10.2 Å². The van der Waals surface area contributed by atoms with Crippen LogP contribution in [0.4, 0.5) is 0 Å². The van der Waals surface area contributed by atoms with Crippen molar-refractivity contribution in [1.82, 2.24) is 0 Å². The zero-order valence-electron chi connectivity index (χ0n) is 10.5. The van der Waals surface area contributed by atoms with Crippen LogP contribution in [-0.2, 0) is 4.79 Å². The summed E-state index contributed by atoms with van der Waals surface area (Å²) < 4.78 is 0. The molecule has 19 heavy (non-hydrogen) atoms. The Labute approximate surface area is 111 Å². The smallest absolute Gasteiger partial charge is 0.336 e. The van der Waals surface area contributed by atoms with E-state index in [-0.39, 0.29) is 0 Å². The highest BCUT2D eigenvalue weighted by molar-refractivity contribution is 5.86. The molecule has 0 aromatic heterocycles. The van der Waals surface area contributed by atoms with Crippen molar-refractivity contribution in [2.75, 3.05) is 0 Å². The largest absolute Gasteiger partial charge is 0.479 e. The molecule has 0 spiro atoms. The molecule has 0 radical (unpaired) electrons. The van der Waals surface area contributed by atoms with Crippen molar-refractivity contribution in [2.24, 2.45) is 0 Å². The van der Waals surface area contributed by atoms with E-state index in [1.165, 1.54) is 6.92 Å². The van der Waals surface area contributed by atoms with Gasteiger partial charge in [0, 0.05) is 5.92 Å². The van der Waals surface area contributed by atoms with Crippen LogP contribution in [-0.4, -0.2) is 21.8 Å². The molecule has 0 fully saturated rings. The molecule has 1 unspecified atom stereocenters. The van der Waals surface area contributed by atoms with Gasteiger partial charge in [-0.15, -0.1) is 0 Å². The normalized spacial score (nSPS) is 16.5. The maximum atomic E-state index is 11.4. The van der Waals surface area contributed by atoms with Crippen LogP contribution in [0.2, 0.25) is 0 Å². The van der Waals surface area contributed by atoms with Crippen LogP contribution in [0.1, 0.15) is 24.0 Å². The molecule has 96 valence electrons. The van der Waals surface area contributed by atoms with Gasteiger partial charge in [0.1, 0.15) is 0 Å². The van der Waals surface area contributed by atoms with E-state index in [4.69, 9.17) is 0 Å². The van der Waals surface area contributed by atoms with Crippen LogP contribution >= 0.6 is 0 Å². The molecule has 0 amide bonds. The van der Waals surface area contributed by atoms with E-state index in [0.29, 0.717) is 0 Å². The second kappa shape index (κ2) is 3.93. The lowest BCUT2D eigenvalue weighted by atomic mass is 9.81. The Morgan fingerprint density at radius 1 is 1.00 bits per heavy atom. The highest BCUT2D eigenvalue weighted by atomic mass is 16.4. The highest BCUT2D eigenvalue weighted by Gasteiger charge is 2.45. The van der Waals surface area contributed by atoms with Crippen molar-refractivity contribution >= 4 is 5.97 Å². The molecule has 0 saturated heterocycles. The minimum absolute atomic E-state index is 0.530. The first-order valence-corrected chi connectivity index (χ1v) is 6.17. The molecule has 1 aliphatic carbocycles. The minimum Gasteiger partial charge on any atom is -0.479 e. The zero-order valence-corrected chi connectivity index (χ0v) is 10.5. The van der Waals surface area contributed by atoms with Gasteiger partial charge in [-0.1, -0.05) is 48.5 Å². The fraction of sp³-hybridized carbons (Fsp3) is 0.188. The summed E-state index contributed by atoms with van der Waals surface area (Å²) in [5.41, 5.74) is 1.93. The Kier molecular flexibility index (Phi) is 2.47. The lowest BCUT2D eigenvalue weighted by Gasteiger charge is -2.27. The average Bonchev–Trinajstić information content (AvgIpc) is 2.73. The summed E-state index contributed by atoms with van der Waals surface area (Å²) in [4.78, 5) is 11.4. The van der Waals surface area contributed by atoms with Crippen LogP contribution in [0.15, 0.2) is 48.5 Å². The van der Waals surface area contributed by atoms with Gasteiger partial charge in [-0.05, 0) is 29.2 Å². The van der Waals surface area contributed by atoms with Gasteiger partial charge in [-0.3, -0.25) is 0 Å². The Bertz CT molecular complexity index is 613. The van der Waals surface area contributed by atoms with Crippen molar-refractivity contribution < 1.29 is 15.0 Å². The van der Waals surface area contributed by atoms with E-state index >= 15 is 0 Å². The molecular weight excluding hydrogens is 240 g/mol. The topological polar surface area (TPSA) is 57.5 Å². The second-order valence-corrected chi connectivity index (χ2v) is 5.06. The predicted octanol–water partition coefficient (Wildman–Crippen LogP) is 2.63. The van der Waals surface area contributed by atoms with Gasteiger partial charge in [0.05, 0.1) is 0 Å².